The number of hydrogen-bond acceptors (Lipinski definition) is 2. The highest BCUT2D eigenvalue weighted by atomic mass is 32.1. The van der Waals surface area contributed by atoms with Crippen molar-refractivity contribution in [3.05, 3.63) is 71.8 Å². The highest BCUT2D eigenvalue weighted by Crippen LogP contribution is 2.24. The first-order valence-corrected chi connectivity index (χ1v) is 8.52. The van der Waals surface area contributed by atoms with E-state index < -0.39 is 0 Å². The van der Waals surface area contributed by atoms with Gasteiger partial charge in [0.25, 0.3) is 0 Å². The molecule has 0 amide bonds. The summed E-state index contributed by atoms with van der Waals surface area (Å²) in [4.78, 5) is 13.8. The van der Waals surface area contributed by atoms with Gasteiger partial charge in [-0.1, -0.05) is 74.0 Å². The van der Waals surface area contributed by atoms with E-state index in [0.717, 1.165) is 32.2 Å². The van der Waals surface area contributed by atoms with E-state index in [1.807, 2.05) is 12.1 Å². The topological polar surface area (TPSA) is 20.3 Å². The number of carbonyl (C=O) groups is 1. The van der Waals surface area contributed by atoms with Crippen LogP contribution in [-0.2, 0) is 11.3 Å². The number of nitrogens with zero attached hydrogens (tertiary/aromatic N) is 1. The van der Waals surface area contributed by atoms with E-state index in [1.54, 1.807) is 0 Å². The van der Waals surface area contributed by atoms with Gasteiger partial charge in [0, 0.05) is 25.0 Å². The van der Waals surface area contributed by atoms with Gasteiger partial charge in [-0.05, 0) is 24.5 Å². The van der Waals surface area contributed by atoms with Crippen molar-refractivity contribution >= 4 is 19.8 Å². The minimum Gasteiger partial charge on any atom is -0.303 e. The third-order valence-corrected chi connectivity index (χ3v) is 4.38. The molecule has 0 aliphatic carbocycles. The molecule has 0 aliphatic rings. The number of hydrogen-bond donors (Lipinski definition) is 0. The smallest absolute Gasteiger partial charge is 0.124 e. The fourth-order valence-electron chi connectivity index (χ4n) is 2.99. The predicted molar refractivity (Wildman–Crippen MR) is 107 cm³/mol. The second kappa shape index (κ2) is 11.1. The largest absolute Gasteiger partial charge is 0.303 e. The Bertz CT molecular complexity index is 573. The van der Waals surface area contributed by atoms with Crippen molar-refractivity contribution in [3.8, 4) is 0 Å². The van der Waals surface area contributed by atoms with Gasteiger partial charge in [-0.25, -0.2) is 0 Å². The lowest BCUT2D eigenvalue weighted by atomic mass is 10.0. The molecule has 0 N–H and O–H groups in total. The molecule has 24 heavy (non-hydrogen) atoms. The maximum Gasteiger partial charge on any atom is 0.124 e. The molecule has 130 valence electrons. The van der Waals surface area contributed by atoms with Crippen LogP contribution in [-0.4, -0.2) is 17.7 Å². The molecule has 2 nitrogen and oxygen atoms in total. The molecular formula is C21H29NOS. The van der Waals surface area contributed by atoms with Crippen molar-refractivity contribution < 1.29 is 4.79 Å². The molecule has 3 heteroatoms. The molecule has 0 saturated carbocycles. The Kier molecular flexibility index (Phi) is 9.43. The fourth-order valence-corrected chi connectivity index (χ4v) is 2.99. The first-order valence-electron chi connectivity index (χ1n) is 8.52. The Labute approximate surface area is 153 Å². The van der Waals surface area contributed by atoms with E-state index >= 15 is 0 Å². The minimum atomic E-state index is 0. The maximum atomic E-state index is 11.4. The van der Waals surface area contributed by atoms with Crippen LogP contribution in [0.1, 0.15) is 43.9 Å². The molecule has 0 aromatic heterocycles. The van der Waals surface area contributed by atoms with Crippen LogP contribution < -0.4 is 0 Å². The first kappa shape index (κ1) is 20.5. The Morgan fingerprint density at radius 2 is 1.58 bits per heavy atom. The monoisotopic (exact) mass is 343 g/mol. The fraction of sp³-hybridized carbons (Fsp3) is 0.381. The summed E-state index contributed by atoms with van der Waals surface area (Å²) in [5.41, 5.74) is 2.58. The maximum absolute atomic E-state index is 11.4. The molecule has 1 unspecified atom stereocenters. The zero-order chi connectivity index (χ0) is 16.5. The Morgan fingerprint density at radius 1 is 1.00 bits per heavy atom. The van der Waals surface area contributed by atoms with Crippen LogP contribution in [0.25, 0.3) is 0 Å². The van der Waals surface area contributed by atoms with Crippen LogP contribution >= 0.6 is 13.5 Å². The predicted octanol–water partition coefficient (Wildman–Crippen LogP) is 4.98. The third-order valence-electron chi connectivity index (χ3n) is 4.38. The van der Waals surface area contributed by atoms with Gasteiger partial charge in [-0.3, -0.25) is 4.90 Å². The van der Waals surface area contributed by atoms with Gasteiger partial charge in [0.15, 0.2) is 0 Å². The molecule has 0 spiro atoms. The lowest BCUT2D eigenvalue weighted by molar-refractivity contribution is -0.112. The third kappa shape index (κ3) is 6.14. The van der Waals surface area contributed by atoms with Gasteiger partial charge in [0.2, 0.25) is 0 Å². The molecule has 0 heterocycles. The van der Waals surface area contributed by atoms with E-state index in [9.17, 15) is 4.79 Å². The summed E-state index contributed by atoms with van der Waals surface area (Å²) in [6.07, 6.45) is 3.12. The lowest BCUT2D eigenvalue weighted by Gasteiger charge is -2.31. The molecule has 0 aliphatic heterocycles. The van der Waals surface area contributed by atoms with E-state index in [0.29, 0.717) is 0 Å². The zero-order valence-electron chi connectivity index (χ0n) is 14.7. The van der Waals surface area contributed by atoms with E-state index in [2.05, 4.69) is 67.3 Å². The first-order chi connectivity index (χ1) is 11.2. The van der Waals surface area contributed by atoms with Gasteiger partial charge >= 0.3 is 0 Å². The molecule has 0 saturated heterocycles. The summed E-state index contributed by atoms with van der Waals surface area (Å²) in [5, 5.41) is 0. The summed E-state index contributed by atoms with van der Waals surface area (Å²) in [7, 11) is 0. The quantitative estimate of drug-likeness (QED) is 0.599. The normalized spacial score (nSPS) is 13.1. The average molecular weight is 344 g/mol. The summed E-state index contributed by atoms with van der Waals surface area (Å²) in [6.45, 7) is 6.04. The van der Waals surface area contributed by atoms with Crippen LogP contribution in [0.5, 0.6) is 0 Å². The Hall–Kier alpha value is -1.58. The molecule has 2 aromatic rings. The highest BCUT2D eigenvalue weighted by Gasteiger charge is 2.20. The number of carbonyl (C=O) groups excluding carboxylic acids is 1. The molecule has 2 atom stereocenters. The number of rotatable bonds is 9. The summed E-state index contributed by atoms with van der Waals surface area (Å²) in [5.74, 6) is 0.106. The Balaban J connectivity index is 0.00000288. The molecule has 2 aromatic carbocycles. The Morgan fingerprint density at radius 3 is 2.12 bits per heavy atom. The summed E-state index contributed by atoms with van der Waals surface area (Å²) < 4.78 is 0. The highest BCUT2D eigenvalue weighted by molar-refractivity contribution is 7.59. The van der Waals surface area contributed by atoms with E-state index in [4.69, 9.17) is 0 Å². The standard InChI is InChI=1S/C21H27NO.H2S/c1-3-10-20(17-23)16-22(15-19-11-6-4-7-12-19)18(2)21-13-8-5-9-14-21;/h4-9,11-14,17-18,20H,3,10,15-16H2,1-2H3;1H2/t18-,20?;/m0./s1. The molecule has 2 rings (SSSR count). The van der Waals surface area contributed by atoms with Crippen LogP contribution in [0, 0.1) is 5.92 Å². The minimum absolute atomic E-state index is 0. The van der Waals surface area contributed by atoms with Crippen LogP contribution in [0.3, 0.4) is 0 Å². The van der Waals surface area contributed by atoms with Gasteiger partial charge in [-0.2, -0.15) is 13.5 Å². The molecule has 0 bridgehead atoms. The summed E-state index contributed by atoms with van der Waals surface area (Å²) in [6, 6.07) is 21.3. The second-order valence-corrected chi connectivity index (χ2v) is 6.19. The average Bonchev–Trinajstić information content (AvgIpc) is 2.61. The van der Waals surface area contributed by atoms with E-state index in [-0.39, 0.29) is 25.5 Å². The van der Waals surface area contributed by atoms with Crippen molar-refractivity contribution in [2.75, 3.05) is 6.54 Å². The van der Waals surface area contributed by atoms with Crippen LogP contribution in [0.15, 0.2) is 60.7 Å². The van der Waals surface area contributed by atoms with Crippen LogP contribution in [0.2, 0.25) is 0 Å². The number of benzene rings is 2. The molecule has 0 radical (unpaired) electrons. The van der Waals surface area contributed by atoms with Gasteiger partial charge < -0.3 is 4.79 Å². The van der Waals surface area contributed by atoms with E-state index in [1.165, 1.54) is 11.1 Å². The zero-order valence-corrected chi connectivity index (χ0v) is 15.7. The SMILES string of the molecule is CCCC(C=O)CN(Cc1ccccc1)[C@@H](C)c1ccccc1.S. The summed E-state index contributed by atoms with van der Waals surface area (Å²) >= 11 is 0. The van der Waals surface area contributed by atoms with Gasteiger partial charge in [0.1, 0.15) is 6.29 Å². The van der Waals surface area contributed by atoms with Crippen molar-refractivity contribution in [2.45, 2.75) is 39.3 Å². The van der Waals surface area contributed by atoms with Crippen molar-refractivity contribution in [2.24, 2.45) is 5.92 Å². The van der Waals surface area contributed by atoms with Crippen molar-refractivity contribution in [1.29, 1.82) is 0 Å². The van der Waals surface area contributed by atoms with Crippen molar-refractivity contribution in [1.82, 2.24) is 4.90 Å². The van der Waals surface area contributed by atoms with Gasteiger partial charge in [0.05, 0.1) is 0 Å². The molecule has 0 fully saturated rings. The van der Waals surface area contributed by atoms with Crippen molar-refractivity contribution in [3.63, 3.8) is 0 Å². The lowest BCUT2D eigenvalue weighted by Crippen LogP contribution is -2.32. The number of aldehydes is 1. The van der Waals surface area contributed by atoms with Gasteiger partial charge in [-0.15, -0.1) is 0 Å². The molecular weight excluding hydrogens is 314 g/mol. The van der Waals surface area contributed by atoms with Crippen LogP contribution in [0.4, 0.5) is 0 Å². The second-order valence-electron chi connectivity index (χ2n) is 6.19.